The number of unbranched alkanes of at least 4 members (excludes halogenated alkanes) is 12. The van der Waals surface area contributed by atoms with E-state index in [0.29, 0.717) is 6.61 Å². The Bertz CT molecular complexity index is 254. The highest BCUT2D eigenvalue weighted by Gasteiger charge is 1.99. The fourth-order valence-corrected chi connectivity index (χ4v) is 2.90. The monoisotopic (exact) mass is 346 g/mol. The van der Waals surface area contributed by atoms with E-state index in [2.05, 4.69) is 13.8 Å². The van der Waals surface area contributed by atoms with Crippen molar-refractivity contribution in [2.24, 2.45) is 5.92 Å². The Morgan fingerprint density at radius 2 is 1.13 bits per heavy atom. The van der Waals surface area contributed by atoms with Gasteiger partial charge in [0.1, 0.15) is 5.88 Å². The maximum Gasteiger partial charge on any atom is 0.320 e. The van der Waals surface area contributed by atoms with E-state index < -0.39 is 0 Å². The van der Waals surface area contributed by atoms with E-state index in [0.717, 1.165) is 18.8 Å². The third-order valence-electron chi connectivity index (χ3n) is 4.30. The first-order chi connectivity index (χ1) is 11.2. The third-order valence-corrected chi connectivity index (χ3v) is 4.52. The Hall–Kier alpha value is -0.240. The van der Waals surface area contributed by atoms with Gasteiger partial charge in [0, 0.05) is 0 Å². The third kappa shape index (κ3) is 19.7. The van der Waals surface area contributed by atoms with Crippen LogP contribution in [0.1, 0.15) is 104 Å². The van der Waals surface area contributed by atoms with Gasteiger partial charge in [0.25, 0.3) is 0 Å². The molecule has 3 heteroatoms. The lowest BCUT2D eigenvalue weighted by atomic mass is 10.0. The quantitative estimate of drug-likeness (QED) is 0.163. The van der Waals surface area contributed by atoms with E-state index in [1.165, 1.54) is 77.0 Å². The topological polar surface area (TPSA) is 26.3 Å². The number of hydrogen-bond donors (Lipinski definition) is 0. The van der Waals surface area contributed by atoms with Gasteiger partial charge in [0.05, 0.1) is 6.61 Å². The molecule has 0 heterocycles. The van der Waals surface area contributed by atoms with E-state index in [1.54, 1.807) is 0 Å². The van der Waals surface area contributed by atoms with Crippen LogP contribution >= 0.6 is 11.6 Å². The number of carbonyl (C=O) groups excluding carboxylic acids is 1. The summed E-state index contributed by atoms with van der Waals surface area (Å²) in [5.74, 6) is 0.542. The van der Waals surface area contributed by atoms with Gasteiger partial charge in [-0.2, -0.15) is 0 Å². The Balaban J connectivity index is 3.01. The molecule has 0 aromatic rings. The Morgan fingerprint density at radius 3 is 1.52 bits per heavy atom. The second kappa shape index (κ2) is 18.1. The number of carbonyl (C=O) groups is 1. The van der Waals surface area contributed by atoms with E-state index in [-0.39, 0.29) is 11.8 Å². The minimum absolute atomic E-state index is 0.0298. The molecule has 138 valence electrons. The summed E-state index contributed by atoms with van der Waals surface area (Å²) in [6, 6.07) is 0. The van der Waals surface area contributed by atoms with Crippen LogP contribution in [0.5, 0.6) is 0 Å². The number of halogens is 1. The fourth-order valence-electron chi connectivity index (χ4n) is 2.82. The van der Waals surface area contributed by atoms with Crippen LogP contribution < -0.4 is 0 Å². The van der Waals surface area contributed by atoms with Crippen LogP contribution in [-0.2, 0) is 9.53 Å². The van der Waals surface area contributed by atoms with Gasteiger partial charge < -0.3 is 4.74 Å². The van der Waals surface area contributed by atoms with E-state index >= 15 is 0 Å². The summed E-state index contributed by atoms with van der Waals surface area (Å²) in [4.78, 5) is 10.8. The number of rotatable bonds is 17. The van der Waals surface area contributed by atoms with Crippen LogP contribution in [-0.4, -0.2) is 18.5 Å². The zero-order valence-electron chi connectivity index (χ0n) is 15.6. The molecular weight excluding hydrogens is 308 g/mol. The minimum atomic E-state index is -0.299. The molecular formula is C20H39ClO2. The summed E-state index contributed by atoms with van der Waals surface area (Å²) in [5.41, 5.74) is 0. The van der Waals surface area contributed by atoms with Crippen molar-refractivity contribution in [3.63, 3.8) is 0 Å². The number of ether oxygens (including phenoxy) is 1. The molecule has 0 aromatic carbocycles. The molecule has 0 aromatic heterocycles. The van der Waals surface area contributed by atoms with Crippen LogP contribution in [0.25, 0.3) is 0 Å². The van der Waals surface area contributed by atoms with Gasteiger partial charge in [-0.25, -0.2) is 0 Å². The van der Waals surface area contributed by atoms with Gasteiger partial charge in [0.2, 0.25) is 0 Å². The molecule has 0 N–H and O–H groups in total. The predicted octanol–water partition coefficient (Wildman–Crippen LogP) is 6.89. The maximum absolute atomic E-state index is 10.8. The molecule has 0 saturated carbocycles. The van der Waals surface area contributed by atoms with E-state index in [9.17, 15) is 4.79 Å². The van der Waals surface area contributed by atoms with Crippen LogP contribution in [0.4, 0.5) is 0 Å². The highest BCUT2D eigenvalue weighted by atomic mass is 35.5. The second-order valence-corrected chi connectivity index (χ2v) is 7.40. The summed E-state index contributed by atoms with van der Waals surface area (Å²) >= 11 is 5.35. The average Bonchev–Trinajstić information content (AvgIpc) is 2.53. The van der Waals surface area contributed by atoms with Crippen molar-refractivity contribution in [2.75, 3.05) is 12.5 Å². The molecule has 0 fully saturated rings. The van der Waals surface area contributed by atoms with E-state index in [4.69, 9.17) is 16.3 Å². The standard InChI is InChI=1S/C20H39ClO2/c1-19(2)16-14-12-10-8-6-4-3-5-7-9-11-13-15-17-23-20(22)18-21/h19H,3-18H2,1-2H3. The van der Waals surface area contributed by atoms with Crippen molar-refractivity contribution in [1.82, 2.24) is 0 Å². The summed E-state index contributed by atoms with van der Waals surface area (Å²) < 4.78 is 4.94. The first-order valence-corrected chi connectivity index (χ1v) is 10.4. The van der Waals surface area contributed by atoms with Gasteiger partial charge in [-0.1, -0.05) is 97.3 Å². The van der Waals surface area contributed by atoms with Gasteiger partial charge in [-0.15, -0.1) is 11.6 Å². The number of alkyl halides is 1. The van der Waals surface area contributed by atoms with Crippen LogP contribution in [0.3, 0.4) is 0 Å². The van der Waals surface area contributed by atoms with E-state index in [1.807, 2.05) is 0 Å². The first-order valence-electron chi connectivity index (χ1n) is 9.88. The lowest BCUT2D eigenvalue weighted by Crippen LogP contribution is -2.06. The largest absolute Gasteiger partial charge is 0.465 e. The molecule has 0 bridgehead atoms. The number of hydrogen-bond acceptors (Lipinski definition) is 2. The second-order valence-electron chi connectivity index (χ2n) is 7.13. The van der Waals surface area contributed by atoms with Crippen molar-refractivity contribution in [3.05, 3.63) is 0 Å². The molecule has 0 aliphatic carbocycles. The van der Waals surface area contributed by atoms with Crippen molar-refractivity contribution < 1.29 is 9.53 Å². The van der Waals surface area contributed by atoms with Gasteiger partial charge >= 0.3 is 5.97 Å². The van der Waals surface area contributed by atoms with Gasteiger partial charge in [0.15, 0.2) is 0 Å². The molecule has 23 heavy (non-hydrogen) atoms. The Labute approximate surface area is 149 Å². The summed E-state index contributed by atoms with van der Waals surface area (Å²) in [7, 11) is 0. The van der Waals surface area contributed by atoms with Crippen LogP contribution in [0.2, 0.25) is 0 Å². The molecule has 0 atom stereocenters. The molecule has 2 nitrogen and oxygen atoms in total. The highest BCUT2D eigenvalue weighted by Crippen LogP contribution is 2.14. The lowest BCUT2D eigenvalue weighted by molar-refractivity contribution is -0.140. The molecule has 0 aliphatic rings. The predicted molar refractivity (Wildman–Crippen MR) is 101 cm³/mol. The fraction of sp³-hybridized carbons (Fsp3) is 0.950. The highest BCUT2D eigenvalue weighted by molar-refractivity contribution is 6.26. The molecule has 0 radical (unpaired) electrons. The zero-order chi connectivity index (χ0) is 17.2. The van der Waals surface area contributed by atoms with Crippen LogP contribution in [0, 0.1) is 5.92 Å². The average molecular weight is 347 g/mol. The molecule has 0 aliphatic heterocycles. The van der Waals surface area contributed by atoms with Crippen LogP contribution in [0.15, 0.2) is 0 Å². The van der Waals surface area contributed by atoms with Crippen molar-refractivity contribution >= 4 is 17.6 Å². The minimum Gasteiger partial charge on any atom is -0.465 e. The summed E-state index contributed by atoms with van der Waals surface area (Å²) in [6.45, 7) is 5.16. The molecule has 0 amide bonds. The lowest BCUT2D eigenvalue weighted by Gasteiger charge is -2.05. The number of esters is 1. The normalized spacial score (nSPS) is 11.1. The van der Waals surface area contributed by atoms with Crippen molar-refractivity contribution in [3.8, 4) is 0 Å². The summed E-state index contributed by atoms with van der Waals surface area (Å²) in [5, 5.41) is 0. The summed E-state index contributed by atoms with van der Waals surface area (Å²) in [6.07, 6.45) is 18.8. The Morgan fingerprint density at radius 1 is 0.739 bits per heavy atom. The molecule has 0 spiro atoms. The maximum atomic E-state index is 10.8. The van der Waals surface area contributed by atoms with Gasteiger partial charge in [-0.05, 0) is 12.3 Å². The Kier molecular flexibility index (Phi) is 17.9. The first kappa shape index (κ1) is 22.8. The molecule has 0 saturated heterocycles. The van der Waals surface area contributed by atoms with Gasteiger partial charge in [-0.3, -0.25) is 4.79 Å². The SMILES string of the molecule is CC(C)CCCCCCCCCCCCCCCOC(=O)CCl. The zero-order valence-corrected chi connectivity index (χ0v) is 16.3. The van der Waals surface area contributed by atoms with Crippen molar-refractivity contribution in [2.45, 2.75) is 104 Å². The smallest absolute Gasteiger partial charge is 0.320 e. The molecule has 0 rings (SSSR count). The van der Waals surface area contributed by atoms with Crippen molar-refractivity contribution in [1.29, 1.82) is 0 Å². The molecule has 0 unspecified atom stereocenters.